The van der Waals surface area contributed by atoms with Crippen LogP contribution in [0.4, 0.5) is 14.5 Å². The lowest BCUT2D eigenvalue weighted by molar-refractivity contribution is -0.116. The van der Waals surface area contributed by atoms with Gasteiger partial charge in [0, 0.05) is 12.1 Å². The van der Waals surface area contributed by atoms with Gasteiger partial charge >= 0.3 is 0 Å². The molecule has 21 heavy (non-hydrogen) atoms. The molecule has 0 aliphatic rings. The summed E-state index contributed by atoms with van der Waals surface area (Å²) in [6.07, 6.45) is 0.159. The molecule has 1 N–H and O–H groups in total. The fourth-order valence-electron chi connectivity index (χ4n) is 1.83. The smallest absolute Gasteiger partial charge is 0.224 e. The molecule has 0 fully saturated rings. The highest BCUT2D eigenvalue weighted by molar-refractivity contribution is 5.90. The van der Waals surface area contributed by atoms with Crippen LogP contribution in [0.15, 0.2) is 42.5 Å². The first-order valence-corrected chi connectivity index (χ1v) is 6.32. The van der Waals surface area contributed by atoms with Crippen LogP contribution in [0.2, 0.25) is 0 Å². The number of anilines is 1. The first kappa shape index (κ1) is 14.7. The van der Waals surface area contributed by atoms with Gasteiger partial charge < -0.3 is 5.32 Å². The van der Waals surface area contributed by atoms with E-state index in [2.05, 4.69) is 5.32 Å². The summed E-state index contributed by atoms with van der Waals surface area (Å²) in [5, 5.41) is 11.3. The Morgan fingerprint density at radius 2 is 1.86 bits per heavy atom. The van der Waals surface area contributed by atoms with Crippen molar-refractivity contribution < 1.29 is 13.6 Å². The van der Waals surface area contributed by atoms with Crippen molar-refractivity contribution in [3.8, 4) is 6.07 Å². The molecule has 3 nitrogen and oxygen atoms in total. The molecule has 0 aliphatic carbocycles. The number of halogens is 2. The van der Waals surface area contributed by atoms with Gasteiger partial charge in [-0.05, 0) is 54.4 Å². The summed E-state index contributed by atoms with van der Waals surface area (Å²) in [5.41, 5.74) is 1.22. The third kappa shape index (κ3) is 4.11. The Labute approximate surface area is 120 Å². The van der Waals surface area contributed by atoms with Crippen molar-refractivity contribution in [2.75, 3.05) is 5.32 Å². The Morgan fingerprint density at radius 1 is 1.14 bits per heavy atom. The number of benzene rings is 2. The number of carbonyl (C=O) groups excluding carboxylic acids is 1. The lowest BCUT2D eigenvalue weighted by Crippen LogP contribution is -2.12. The summed E-state index contributed by atoms with van der Waals surface area (Å²) >= 11 is 0. The third-order valence-electron chi connectivity index (χ3n) is 2.93. The topological polar surface area (TPSA) is 52.9 Å². The molecule has 2 rings (SSSR count). The average Bonchev–Trinajstić information content (AvgIpc) is 2.49. The first-order chi connectivity index (χ1) is 10.1. The Morgan fingerprint density at radius 3 is 2.52 bits per heavy atom. The van der Waals surface area contributed by atoms with Crippen LogP contribution in [-0.2, 0) is 11.2 Å². The number of nitrogens with one attached hydrogen (secondary N) is 1. The van der Waals surface area contributed by atoms with E-state index in [1.807, 2.05) is 6.07 Å². The van der Waals surface area contributed by atoms with Crippen molar-refractivity contribution in [2.45, 2.75) is 12.8 Å². The maximum atomic E-state index is 13.4. The van der Waals surface area contributed by atoms with E-state index in [4.69, 9.17) is 5.26 Å². The maximum absolute atomic E-state index is 13.4. The molecule has 2 aromatic rings. The lowest BCUT2D eigenvalue weighted by Gasteiger charge is -2.06. The van der Waals surface area contributed by atoms with Crippen molar-refractivity contribution in [1.29, 1.82) is 5.26 Å². The van der Waals surface area contributed by atoms with Gasteiger partial charge in [0.25, 0.3) is 0 Å². The number of nitriles is 1. The minimum absolute atomic E-state index is 0.0420. The minimum Gasteiger partial charge on any atom is -0.326 e. The number of hydrogen-bond donors (Lipinski definition) is 1. The van der Waals surface area contributed by atoms with E-state index in [-0.39, 0.29) is 24.3 Å². The van der Waals surface area contributed by atoms with Crippen LogP contribution in [0.25, 0.3) is 0 Å². The first-order valence-electron chi connectivity index (χ1n) is 6.32. The van der Waals surface area contributed by atoms with Crippen LogP contribution in [-0.4, -0.2) is 5.91 Å². The van der Waals surface area contributed by atoms with E-state index >= 15 is 0 Å². The zero-order chi connectivity index (χ0) is 15.2. The highest BCUT2D eigenvalue weighted by Crippen LogP contribution is 2.13. The van der Waals surface area contributed by atoms with Crippen molar-refractivity contribution >= 4 is 11.6 Å². The predicted octanol–water partition coefficient (Wildman–Crippen LogP) is 3.41. The molecule has 2 aromatic carbocycles. The van der Waals surface area contributed by atoms with Crippen molar-refractivity contribution in [1.82, 2.24) is 0 Å². The summed E-state index contributed by atoms with van der Waals surface area (Å²) in [5.74, 6) is -1.36. The molecule has 0 saturated carbocycles. The third-order valence-corrected chi connectivity index (χ3v) is 2.93. The van der Waals surface area contributed by atoms with E-state index in [1.54, 1.807) is 24.3 Å². The fraction of sp³-hybridized carbons (Fsp3) is 0.125. The molecule has 5 heteroatoms. The summed E-state index contributed by atoms with van der Waals surface area (Å²) < 4.78 is 26.4. The standard InChI is InChI=1S/C16H12F2N2O/c17-13-4-7-15(18)12(9-13)3-8-16(21)20-14-5-1-11(10-19)2-6-14/h1-2,4-7,9H,3,8H2,(H,20,21). The van der Waals surface area contributed by atoms with Gasteiger partial charge in [0.15, 0.2) is 0 Å². The molecule has 1 amide bonds. The molecule has 0 heterocycles. The number of nitrogens with zero attached hydrogens (tertiary/aromatic N) is 1. The quantitative estimate of drug-likeness (QED) is 0.936. The van der Waals surface area contributed by atoms with E-state index in [0.29, 0.717) is 11.3 Å². The Hall–Kier alpha value is -2.74. The summed E-state index contributed by atoms with van der Waals surface area (Å²) in [6, 6.07) is 11.5. The van der Waals surface area contributed by atoms with E-state index in [9.17, 15) is 13.6 Å². The van der Waals surface area contributed by atoms with Gasteiger partial charge in [-0.2, -0.15) is 5.26 Å². The fourth-order valence-corrected chi connectivity index (χ4v) is 1.83. The minimum atomic E-state index is -0.529. The van der Waals surface area contributed by atoms with Gasteiger partial charge in [-0.1, -0.05) is 0 Å². The number of rotatable bonds is 4. The molecule has 0 unspecified atom stereocenters. The molecule has 0 spiro atoms. The van der Waals surface area contributed by atoms with Gasteiger partial charge in [-0.15, -0.1) is 0 Å². The highest BCUT2D eigenvalue weighted by Gasteiger charge is 2.08. The SMILES string of the molecule is N#Cc1ccc(NC(=O)CCc2cc(F)ccc2F)cc1. The second kappa shape index (κ2) is 6.62. The molecular formula is C16H12F2N2O. The molecule has 0 radical (unpaired) electrons. The van der Waals surface area contributed by atoms with Crippen LogP contribution < -0.4 is 5.32 Å². The average molecular weight is 286 g/mol. The molecule has 0 atom stereocenters. The number of amides is 1. The molecule has 0 aromatic heterocycles. The number of hydrogen-bond acceptors (Lipinski definition) is 2. The number of carbonyl (C=O) groups is 1. The zero-order valence-electron chi connectivity index (χ0n) is 11.1. The van der Waals surface area contributed by atoms with Gasteiger partial charge in [0.05, 0.1) is 11.6 Å². The molecule has 0 saturated heterocycles. The normalized spacial score (nSPS) is 9.95. The monoisotopic (exact) mass is 286 g/mol. The molecule has 0 aliphatic heterocycles. The van der Waals surface area contributed by atoms with Crippen LogP contribution in [0.3, 0.4) is 0 Å². The van der Waals surface area contributed by atoms with Crippen LogP contribution in [0.5, 0.6) is 0 Å². The second-order valence-electron chi connectivity index (χ2n) is 4.47. The van der Waals surface area contributed by atoms with Gasteiger partial charge in [-0.3, -0.25) is 4.79 Å². The van der Waals surface area contributed by atoms with Gasteiger partial charge in [0.1, 0.15) is 11.6 Å². The van der Waals surface area contributed by atoms with Gasteiger partial charge in [-0.25, -0.2) is 8.78 Å². The Balaban J connectivity index is 1.92. The predicted molar refractivity (Wildman–Crippen MR) is 74.5 cm³/mol. The summed E-state index contributed by atoms with van der Waals surface area (Å²) in [4.78, 5) is 11.7. The van der Waals surface area contributed by atoms with Crippen molar-refractivity contribution in [3.63, 3.8) is 0 Å². The van der Waals surface area contributed by atoms with E-state index in [1.165, 1.54) is 0 Å². The lowest BCUT2D eigenvalue weighted by atomic mass is 10.1. The Kier molecular flexibility index (Phi) is 4.62. The van der Waals surface area contributed by atoms with Crippen LogP contribution >= 0.6 is 0 Å². The molecular weight excluding hydrogens is 274 g/mol. The van der Waals surface area contributed by atoms with E-state index < -0.39 is 11.6 Å². The van der Waals surface area contributed by atoms with Gasteiger partial charge in [0.2, 0.25) is 5.91 Å². The summed E-state index contributed by atoms with van der Waals surface area (Å²) in [7, 11) is 0. The van der Waals surface area contributed by atoms with Crippen molar-refractivity contribution in [3.05, 3.63) is 65.2 Å². The van der Waals surface area contributed by atoms with Crippen LogP contribution in [0.1, 0.15) is 17.5 Å². The highest BCUT2D eigenvalue weighted by atomic mass is 19.1. The molecule has 106 valence electrons. The summed E-state index contributed by atoms with van der Waals surface area (Å²) in [6.45, 7) is 0. The zero-order valence-corrected chi connectivity index (χ0v) is 11.1. The number of aryl methyl sites for hydroxylation is 1. The van der Waals surface area contributed by atoms with Crippen molar-refractivity contribution in [2.24, 2.45) is 0 Å². The largest absolute Gasteiger partial charge is 0.326 e. The second-order valence-corrected chi connectivity index (χ2v) is 4.47. The maximum Gasteiger partial charge on any atom is 0.224 e. The van der Waals surface area contributed by atoms with Crippen LogP contribution in [0, 0.1) is 23.0 Å². The molecule has 0 bridgehead atoms. The Bertz CT molecular complexity index is 690. The van der Waals surface area contributed by atoms with E-state index in [0.717, 1.165) is 18.2 Å².